The zero-order chi connectivity index (χ0) is 44.0. The summed E-state index contributed by atoms with van der Waals surface area (Å²) in [5.41, 5.74) is 0.143. The zero-order valence-corrected chi connectivity index (χ0v) is 38.7. The van der Waals surface area contributed by atoms with Gasteiger partial charge in [0, 0.05) is 43.2 Å². The number of Topliss-reactive ketones (excluding diaryl/α,β-unsaturated/α-hetero) is 1. The second-order valence-corrected chi connectivity index (χ2v) is 20.7. The Balaban J connectivity index is 1.21. The molecule has 0 N–H and O–H groups in total. The van der Waals surface area contributed by atoms with Crippen LogP contribution < -0.4 is 9.47 Å². The van der Waals surface area contributed by atoms with E-state index in [4.69, 9.17) is 45.3 Å². The number of halogens is 1. The molecule has 9 atom stereocenters. The van der Waals surface area contributed by atoms with Gasteiger partial charge in [-0.25, -0.2) is 9.97 Å². The van der Waals surface area contributed by atoms with Gasteiger partial charge >= 0.3 is 11.9 Å². The van der Waals surface area contributed by atoms with Crippen LogP contribution in [0.4, 0.5) is 0 Å². The van der Waals surface area contributed by atoms with Gasteiger partial charge in [-0.2, -0.15) is 0 Å². The van der Waals surface area contributed by atoms with Crippen LogP contribution in [0.5, 0.6) is 11.5 Å². The molecule has 2 unspecified atom stereocenters. The summed E-state index contributed by atoms with van der Waals surface area (Å²) in [5, 5.41) is 3.89. The van der Waals surface area contributed by atoms with E-state index in [-0.39, 0.29) is 62.2 Å². The Morgan fingerprint density at radius 1 is 0.984 bits per heavy atom. The van der Waals surface area contributed by atoms with Crippen LogP contribution in [0.1, 0.15) is 105 Å². The number of ketones is 1. The number of likely N-dealkylation sites (tertiary alicyclic amines) is 1. The molecule has 61 heavy (non-hydrogen) atoms. The molecule has 4 fully saturated rings. The number of thiazole rings is 1. The second-order valence-electron chi connectivity index (χ2n) is 19.4. The normalized spacial score (nSPS) is 26.5. The van der Waals surface area contributed by atoms with E-state index in [1.807, 2.05) is 52.1 Å². The van der Waals surface area contributed by atoms with Crippen LogP contribution in [0, 0.1) is 40.4 Å². The van der Waals surface area contributed by atoms with Gasteiger partial charge in [0.05, 0.1) is 65.5 Å². The van der Waals surface area contributed by atoms with E-state index in [1.54, 1.807) is 29.4 Å². The van der Waals surface area contributed by atoms with E-state index in [0.29, 0.717) is 63.0 Å². The molecule has 3 heterocycles. The number of amides is 1. The van der Waals surface area contributed by atoms with E-state index in [0.717, 1.165) is 30.7 Å². The van der Waals surface area contributed by atoms with Crippen molar-refractivity contribution in [3.63, 3.8) is 0 Å². The molecular formula is C47H62ClN3O9S. The lowest BCUT2D eigenvalue weighted by Gasteiger charge is -2.35. The second kappa shape index (κ2) is 18.1. The highest BCUT2D eigenvalue weighted by molar-refractivity contribution is 7.09. The summed E-state index contributed by atoms with van der Waals surface area (Å²) in [5.74, 6) is 0.543. The van der Waals surface area contributed by atoms with Crippen molar-refractivity contribution in [3.8, 4) is 22.9 Å². The molecule has 0 bridgehead atoms. The van der Waals surface area contributed by atoms with E-state index >= 15 is 0 Å². The number of benzene rings is 1. The third kappa shape index (κ3) is 9.89. The summed E-state index contributed by atoms with van der Waals surface area (Å²) >= 11 is 8.62. The topological polar surface area (TPSA) is 143 Å². The summed E-state index contributed by atoms with van der Waals surface area (Å²) in [6.45, 7) is 14.4. The molecular weight excluding hydrogens is 818 g/mol. The van der Waals surface area contributed by atoms with Crippen molar-refractivity contribution in [1.29, 1.82) is 0 Å². The molecule has 12 nitrogen and oxygen atoms in total. The van der Waals surface area contributed by atoms with Gasteiger partial charge in [0.15, 0.2) is 5.78 Å². The highest BCUT2D eigenvalue weighted by Crippen LogP contribution is 2.58. The largest absolute Gasteiger partial charge is 0.489 e. The quantitative estimate of drug-likeness (QED) is 0.113. The molecule has 7 rings (SSSR count). The van der Waals surface area contributed by atoms with E-state index in [1.165, 1.54) is 13.5 Å². The third-order valence-electron chi connectivity index (χ3n) is 13.3. The Bertz CT molecular complexity index is 2120. The summed E-state index contributed by atoms with van der Waals surface area (Å²) in [6.07, 6.45) is 4.21. The van der Waals surface area contributed by atoms with E-state index < -0.39 is 40.8 Å². The molecule has 332 valence electrons. The lowest BCUT2D eigenvalue weighted by Crippen LogP contribution is -2.48. The molecule has 2 aromatic heterocycles. The van der Waals surface area contributed by atoms with E-state index in [2.05, 4.69) is 13.8 Å². The minimum atomic E-state index is -0.917. The Hall–Kier alpha value is -3.81. The van der Waals surface area contributed by atoms with Gasteiger partial charge in [0.1, 0.15) is 35.3 Å². The van der Waals surface area contributed by atoms with Crippen molar-refractivity contribution >= 4 is 57.5 Å². The number of pyridine rings is 1. The van der Waals surface area contributed by atoms with Crippen molar-refractivity contribution in [2.45, 2.75) is 131 Å². The number of carbonyl (C=O) groups excluding carboxylic acids is 4. The van der Waals surface area contributed by atoms with Gasteiger partial charge in [0.25, 0.3) is 0 Å². The van der Waals surface area contributed by atoms with Gasteiger partial charge in [-0.1, -0.05) is 59.6 Å². The van der Waals surface area contributed by atoms with Crippen LogP contribution in [0.15, 0.2) is 23.6 Å². The fourth-order valence-corrected chi connectivity index (χ4v) is 10.8. The first-order valence-corrected chi connectivity index (χ1v) is 23.2. The number of hydrogen-bond acceptors (Lipinski definition) is 12. The van der Waals surface area contributed by atoms with E-state index in [9.17, 15) is 19.2 Å². The first-order valence-electron chi connectivity index (χ1n) is 22.0. The lowest BCUT2D eigenvalue weighted by molar-refractivity contribution is -0.157. The predicted octanol–water partition coefficient (Wildman–Crippen LogP) is 8.91. The smallest absolute Gasteiger partial charge is 0.312 e. The molecule has 3 saturated carbocycles. The van der Waals surface area contributed by atoms with Crippen molar-refractivity contribution in [2.75, 3.05) is 27.4 Å². The van der Waals surface area contributed by atoms with Crippen LogP contribution >= 0.6 is 22.9 Å². The molecule has 3 aliphatic carbocycles. The highest BCUT2D eigenvalue weighted by atomic mass is 35.5. The van der Waals surface area contributed by atoms with Gasteiger partial charge < -0.3 is 28.6 Å². The molecule has 14 heteroatoms. The first-order chi connectivity index (χ1) is 28.9. The lowest BCUT2D eigenvalue weighted by atomic mass is 9.77. The van der Waals surface area contributed by atoms with Crippen molar-refractivity contribution in [1.82, 2.24) is 14.9 Å². The SMILES string of the molecule is CC[C@@H]1C[C@]1(CC(=O)[C@@H]1C[C@@H](Oc2cc(-c3csc(CC(C)C)n3)nc3c(Cl)c(OCC(C)OC)ccc23)CN1C(=O)[C@@H](CC(=O)OC1C[C@@H]2C[C@@H]2C1)C(C)(C)C)C(=O)OC. The summed E-state index contributed by atoms with van der Waals surface area (Å²) in [6, 6.07) is 4.57. The van der Waals surface area contributed by atoms with Crippen LogP contribution in [-0.2, 0) is 39.8 Å². The average molecular weight is 881 g/mol. The number of carbonyl (C=O) groups is 4. The van der Waals surface area contributed by atoms with Crippen LogP contribution in [0.2, 0.25) is 5.02 Å². The zero-order valence-electron chi connectivity index (χ0n) is 37.1. The number of aromatic nitrogens is 2. The van der Waals surface area contributed by atoms with Gasteiger partial charge in [-0.3, -0.25) is 19.2 Å². The summed E-state index contributed by atoms with van der Waals surface area (Å²) in [7, 11) is 2.97. The van der Waals surface area contributed by atoms with Gasteiger partial charge in [0.2, 0.25) is 5.91 Å². The highest BCUT2D eigenvalue weighted by Gasteiger charge is 2.62. The molecule has 1 aliphatic heterocycles. The average Bonchev–Trinajstić information content (AvgIpc) is 3.88. The molecule has 0 spiro atoms. The number of methoxy groups -OCH3 is 2. The molecule has 4 aliphatic rings. The number of ether oxygens (including phenoxy) is 5. The van der Waals surface area contributed by atoms with Crippen molar-refractivity contribution in [3.05, 3.63) is 33.6 Å². The summed E-state index contributed by atoms with van der Waals surface area (Å²) < 4.78 is 29.5. The van der Waals surface area contributed by atoms with Crippen LogP contribution in [-0.4, -0.2) is 90.2 Å². The summed E-state index contributed by atoms with van der Waals surface area (Å²) in [4.78, 5) is 67.7. The number of fused-ring (bicyclic) bond motifs is 2. The number of rotatable bonds is 18. The van der Waals surface area contributed by atoms with Crippen LogP contribution in [0.3, 0.4) is 0 Å². The molecule has 1 aromatic carbocycles. The Labute approximate surface area is 368 Å². The number of hydrogen-bond donors (Lipinski definition) is 0. The van der Waals surface area contributed by atoms with Gasteiger partial charge in [-0.15, -0.1) is 11.3 Å². The predicted molar refractivity (Wildman–Crippen MR) is 234 cm³/mol. The Morgan fingerprint density at radius 2 is 1.72 bits per heavy atom. The maximum absolute atomic E-state index is 14.9. The van der Waals surface area contributed by atoms with Crippen molar-refractivity contribution < 1.29 is 42.9 Å². The molecule has 1 saturated heterocycles. The molecule has 0 radical (unpaired) electrons. The molecule has 1 amide bonds. The first kappa shape index (κ1) is 45.2. The minimum Gasteiger partial charge on any atom is -0.489 e. The standard InChI is InChI=1S/C47H62ClN3O9S/c1-10-29-20-47(29,45(55)57-9)21-37(52)36-17-31(22-51(36)44(54)33(46(5,6)7)18-41(53)60-30-15-27-14-28(27)16-30)59-39-19-34(35-24-61-40(49-35)13-25(2)3)50-43-32(39)11-12-38(42(43)48)58-23-26(4)56-8/h11-12,19,24-31,33,36H,10,13-18,20-23H2,1-9H3/t26?,27-,28+,29-,30?,31-,33-,36+,47-/m1/s1. The minimum absolute atomic E-state index is 0.0184. The van der Waals surface area contributed by atoms with Gasteiger partial charge in [-0.05, 0) is 73.8 Å². The maximum Gasteiger partial charge on any atom is 0.312 e. The third-order valence-corrected chi connectivity index (χ3v) is 14.6. The molecule has 3 aromatic rings. The monoisotopic (exact) mass is 879 g/mol. The fourth-order valence-electron chi connectivity index (χ4n) is 9.51. The van der Waals surface area contributed by atoms with Crippen molar-refractivity contribution in [2.24, 2.45) is 40.4 Å². The maximum atomic E-state index is 14.9. The Morgan fingerprint density at radius 3 is 2.36 bits per heavy atom. The number of esters is 2. The van der Waals surface area contributed by atoms with Crippen LogP contribution in [0.25, 0.3) is 22.3 Å². The number of nitrogens with zero attached hydrogens (tertiary/aromatic N) is 3. The Kier molecular flexibility index (Phi) is 13.4. The fraction of sp³-hybridized carbons (Fsp3) is 0.660.